The Morgan fingerprint density at radius 3 is 2.43 bits per heavy atom. The minimum Gasteiger partial charge on any atom is -0.440 e. The van der Waals surface area contributed by atoms with E-state index in [1.54, 1.807) is 19.1 Å². The highest BCUT2D eigenvalue weighted by atomic mass is 32.1. The van der Waals surface area contributed by atoms with Crippen molar-refractivity contribution in [3.63, 3.8) is 0 Å². The lowest BCUT2D eigenvalue weighted by atomic mass is 9.87. The van der Waals surface area contributed by atoms with Crippen molar-refractivity contribution < 1.29 is 14.0 Å². The Kier molecular flexibility index (Phi) is 5.65. The SMILES string of the molecule is Cc1oc(-c2cccs2)nc1CC(=O)NNC(=O)c1ccc(C(C)(C)C)cc1. The molecule has 1 aromatic carbocycles. The van der Waals surface area contributed by atoms with Crippen molar-refractivity contribution in [3.8, 4) is 10.8 Å². The number of thiophene rings is 1. The summed E-state index contributed by atoms with van der Waals surface area (Å²) in [4.78, 5) is 29.7. The first-order valence-electron chi connectivity index (χ1n) is 8.94. The van der Waals surface area contributed by atoms with E-state index in [-0.39, 0.29) is 23.7 Å². The third-order valence-corrected chi connectivity index (χ3v) is 5.14. The van der Waals surface area contributed by atoms with Crippen LogP contribution in [0.15, 0.2) is 46.2 Å². The van der Waals surface area contributed by atoms with Crippen LogP contribution in [0.5, 0.6) is 0 Å². The summed E-state index contributed by atoms with van der Waals surface area (Å²) in [6.07, 6.45) is 0.0178. The Hall–Kier alpha value is -2.93. The van der Waals surface area contributed by atoms with E-state index in [1.165, 1.54) is 11.3 Å². The number of carbonyl (C=O) groups is 2. The van der Waals surface area contributed by atoms with Crippen molar-refractivity contribution >= 4 is 23.2 Å². The number of benzene rings is 1. The van der Waals surface area contributed by atoms with Crippen molar-refractivity contribution in [2.75, 3.05) is 0 Å². The van der Waals surface area contributed by atoms with Gasteiger partial charge in [-0.15, -0.1) is 11.3 Å². The maximum atomic E-state index is 12.2. The summed E-state index contributed by atoms with van der Waals surface area (Å²) in [7, 11) is 0. The lowest BCUT2D eigenvalue weighted by Crippen LogP contribution is -2.42. The van der Waals surface area contributed by atoms with Gasteiger partial charge in [-0.05, 0) is 41.5 Å². The number of nitrogens with one attached hydrogen (secondary N) is 2. The van der Waals surface area contributed by atoms with Crippen LogP contribution in [0, 0.1) is 6.92 Å². The van der Waals surface area contributed by atoms with Crippen LogP contribution in [0.1, 0.15) is 48.1 Å². The number of hydrazine groups is 1. The number of aryl methyl sites for hydroxylation is 1. The molecule has 3 rings (SSSR count). The second-order valence-electron chi connectivity index (χ2n) is 7.51. The summed E-state index contributed by atoms with van der Waals surface area (Å²) >= 11 is 1.52. The molecule has 0 saturated carbocycles. The number of carbonyl (C=O) groups excluding carboxylic acids is 2. The summed E-state index contributed by atoms with van der Waals surface area (Å²) in [5, 5.41) is 1.94. The van der Waals surface area contributed by atoms with E-state index in [9.17, 15) is 9.59 Å². The maximum absolute atomic E-state index is 12.2. The molecule has 146 valence electrons. The monoisotopic (exact) mass is 397 g/mol. The lowest BCUT2D eigenvalue weighted by molar-refractivity contribution is -0.121. The Bertz CT molecular complexity index is 967. The minimum atomic E-state index is -0.370. The van der Waals surface area contributed by atoms with E-state index in [4.69, 9.17) is 4.42 Å². The van der Waals surface area contributed by atoms with Gasteiger partial charge >= 0.3 is 0 Å². The summed E-state index contributed by atoms with van der Waals surface area (Å²) in [5.74, 6) is 0.347. The highest BCUT2D eigenvalue weighted by Crippen LogP contribution is 2.26. The smallest absolute Gasteiger partial charge is 0.269 e. The van der Waals surface area contributed by atoms with E-state index in [0.29, 0.717) is 22.9 Å². The molecule has 2 aromatic heterocycles. The van der Waals surface area contributed by atoms with Gasteiger partial charge in [0.1, 0.15) is 5.76 Å². The van der Waals surface area contributed by atoms with Crippen LogP contribution < -0.4 is 10.9 Å². The van der Waals surface area contributed by atoms with Crippen molar-refractivity contribution in [2.45, 2.75) is 39.5 Å². The van der Waals surface area contributed by atoms with Gasteiger partial charge in [0, 0.05) is 5.56 Å². The van der Waals surface area contributed by atoms with Gasteiger partial charge in [-0.1, -0.05) is 39.0 Å². The molecule has 0 aliphatic carbocycles. The number of aromatic nitrogens is 1. The van der Waals surface area contributed by atoms with Crippen molar-refractivity contribution in [2.24, 2.45) is 0 Å². The first kappa shape index (κ1) is 19.8. The van der Waals surface area contributed by atoms with Crippen molar-refractivity contribution in [1.29, 1.82) is 0 Å². The molecule has 0 aliphatic rings. The molecule has 7 heteroatoms. The predicted octanol–water partition coefficient (Wildman–Crippen LogP) is 4.01. The van der Waals surface area contributed by atoms with E-state index in [0.717, 1.165) is 10.4 Å². The zero-order valence-electron chi connectivity index (χ0n) is 16.3. The summed E-state index contributed by atoms with van der Waals surface area (Å²) in [5.41, 5.74) is 7.04. The number of hydrogen-bond donors (Lipinski definition) is 2. The lowest BCUT2D eigenvalue weighted by Gasteiger charge is -2.19. The number of hydrogen-bond acceptors (Lipinski definition) is 5. The van der Waals surface area contributed by atoms with Crippen LogP contribution in [-0.2, 0) is 16.6 Å². The Morgan fingerprint density at radius 2 is 1.82 bits per heavy atom. The molecular formula is C21H23N3O3S. The fraction of sp³-hybridized carbons (Fsp3) is 0.286. The average molecular weight is 398 g/mol. The van der Waals surface area contributed by atoms with Crippen LogP contribution in [-0.4, -0.2) is 16.8 Å². The molecule has 28 heavy (non-hydrogen) atoms. The fourth-order valence-electron chi connectivity index (χ4n) is 2.61. The molecular weight excluding hydrogens is 374 g/mol. The molecule has 0 spiro atoms. The van der Waals surface area contributed by atoms with Crippen molar-refractivity contribution in [3.05, 3.63) is 64.4 Å². The molecule has 0 aliphatic heterocycles. The first-order valence-corrected chi connectivity index (χ1v) is 9.82. The number of nitrogens with zero attached hydrogens (tertiary/aromatic N) is 1. The second kappa shape index (κ2) is 7.98. The zero-order chi connectivity index (χ0) is 20.3. The van der Waals surface area contributed by atoms with E-state index >= 15 is 0 Å². The van der Waals surface area contributed by atoms with E-state index in [2.05, 4.69) is 36.6 Å². The molecule has 0 radical (unpaired) electrons. The molecule has 6 nitrogen and oxygen atoms in total. The topological polar surface area (TPSA) is 84.2 Å². The van der Waals surface area contributed by atoms with Gasteiger partial charge in [0.05, 0.1) is 17.0 Å². The van der Waals surface area contributed by atoms with Gasteiger partial charge in [0.25, 0.3) is 5.91 Å². The number of oxazole rings is 1. The second-order valence-corrected chi connectivity index (χ2v) is 8.45. The Labute approximate surface area is 168 Å². The van der Waals surface area contributed by atoms with Crippen LogP contribution in [0.4, 0.5) is 0 Å². The minimum absolute atomic E-state index is 0.0145. The molecule has 2 heterocycles. The highest BCUT2D eigenvalue weighted by Gasteiger charge is 2.17. The quantitative estimate of drug-likeness (QED) is 0.652. The van der Waals surface area contributed by atoms with Crippen LogP contribution in [0.2, 0.25) is 0 Å². The summed E-state index contributed by atoms with van der Waals surface area (Å²) in [6, 6.07) is 11.2. The third-order valence-electron chi connectivity index (χ3n) is 4.28. The summed E-state index contributed by atoms with van der Waals surface area (Å²) in [6.45, 7) is 8.09. The van der Waals surface area contributed by atoms with E-state index in [1.807, 2.05) is 29.6 Å². The Balaban J connectivity index is 1.56. The van der Waals surface area contributed by atoms with Gasteiger partial charge in [-0.2, -0.15) is 0 Å². The van der Waals surface area contributed by atoms with Crippen LogP contribution in [0.3, 0.4) is 0 Å². The van der Waals surface area contributed by atoms with E-state index < -0.39 is 0 Å². The van der Waals surface area contributed by atoms with Crippen molar-refractivity contribution in [1.82, 2.24) is 15.8 Å². The normalized spacial score (nSPS) is 11.3. The number of rotatable bonds is 4. The standard InChI is InChI=1S/C21H23N3O3S/c1-13-16(22-20(27-13)17-6-5-11-28-17)12-18(25)23-24-19(26)14-7-9-15(10-8-14)21(2,3)4/h5-11H,12H2,1-4H3,(H,23,25)(H,24,26). The average Bonchev–Trinajstić information content (AvgIpc) is 3.29. The van der Waals surface area contributed by atoms with Gasteiger partial charge in [0.15, 0.2) is 0 Å². The van der Waals surface area contributed by atoms with Crippen LogP contribution in [0.25, 0.3) is 10.8 Å². The largest absolute Gasteiger partial charge is 0.440 e. The Morgan fingerprint density at radius 1 is 1.11 bits per heavy atom. The van der Waals surface area contributed by atoms with Gasteiger partial charge < -0.3 is 4.42 Å². The first-order chi connectivity index (χ1) is 13.2. The zero-order valence-corrected chi connectivity index (χ0v) is 17.1. The third kappa shape index (κ3) is 4.67. The fourth-order valence-corrected chi connectivity index (χ4v) is 3.26. The molecule has 0 saturated heterocycles. The predicted molar refractivity (Wildman–Crippen MR) is 109 cm³/mol. The molecule has 2 N–H and O–H groups in total. The molecule has 0 bridgehead atoms. The molecule has 0 atom stereocenters. The maximum Gasteiger partial charge on any atom is 0.269 e. The van der Waals surface area contributed by atoms with Gasteiger partial charge in [-0.25, -0.2) is 4.98 Å². The molecule has 0 fully saturated rings. The summed E-state index contributed by atoms with van der Waals surface area (Å²) < 4.78 is 5.63. The van der Waals surface area contributed by atoms with Gasteiger partial charge in [0.2, 0.25) is 11.8 Å². The molecule has 0 unspecified atom stereocenters. The van der Waals surface area contributed by atoms with Crippen LogP contribution >= 0.6 is 11.3 Å². The highest BCUT2D eigenvalue weighted by molar-refractivity contribution is 7.13. The molecule has 2 amide bonds. The van der Waals surface area contributed by atoms with Gasteiger partial charge in [-0.3, -0.25) is 20.4 Å². The molecule has 3 aromatic rings. The number of amides is 2.